The van der Waals surface area contributed by atoms with Crippen LogP contribution in [0.5, 0.6) is 5.88 Å². The predicted octanol–water partition coefficient (Wildman–Crippen LogP) is 1.72. The third kappa shape index (κ3) is 2.61. The van der Waals surface area contributed by atoms with Crippen molar-refractivity contribution < 1.29 is 14.0 Å². The zero-order chi connectivity index (χ0) is 14.3. The molecule has 0 bridgehead atoms. The molecule has 1 aliphatic rings. The second-order valence-corrected chi connectivity index (χ2v) is 5.78. The molecule has 1 aromatic heterocycles. The van der Waals surface area contributed by atoms with Gasteiger partial charge < -0.3 is 19.8 Å². The molecule has 1 atom stereocenters. The van der Waals surface area contributed by atoms with Crippen molar-refractivity contribution in [2.45, 2.75) is 44.8 Å². The van der Waals surface area contributed by atoms with E-state index in [1.54, 1.807) is 19.4 Å². The number of methoxy groups -OCH3 is 1. The van der Waals surface area contributed by atoms with Crippen LogP contribution in [0.15, 0.2) is 18.3 Å². The zero-order valence-electron chi connectivity index (χ0n) is 12.1. The predicted molar refractivity (Wildman–Crippen MR) is 73.8 cm³/mol. The number of aromatic nitrogens is 1. The molecule has 0 amide bonds. The summed E-state index contributed by atoms with van der Waals surface area (Å²) >= 11 is 0. The van der Waals surface area contributed by atoms with Crippen LogP contribution < -0.4 is 10.5 Å². The number of nitrogens with two attached hydrogens (primary N) is 1. The topological polar surface area (TPSA) is 66.6 Å². The van der Waals surface area contributed by atoms with E-state index < -0.39 is 7.12 Å². The van der Waals surface area contributed by atoms with Crippen molar-refractivity contribution in [3.05, 3.63) is 23.9 Å². The van der Waals surface area contributed by atoms with Crippen molar-refractivity contribution in [3.63, 3.8) is 0 Å². The number of rotatable bonds is 3. The van der Waals surface area contributed by atoms with Gasteiger partial charge in [0.25, 0.3) is 0 Å². The van der Waals surface area contributed by atoms with Crippen molar-refractivity contribution in [1.29, 1.82) is 0 Å². The highest BCUT2D eigenvalue weighted by molar-refractivity contribution is 6.47. The van der Waals surface area contributed by atoms with E-state index in [1.165, 1.54) is 0 Å². The summed E-state index contributed by atoms with van der Waals surface area (Å²) < 4.78 is 16.9. The molecule has 0 radical (unpaired) electrons. The van der Waals surface area contributed by atoms with Crippen LogP contribution in [0.25, 0.3) is 0 Å². The summed E-state index contributed by atoms with van der Waals surface area (Å²) in [5, 5.41) is 0. The Morgan fingerprint density at radius 1 is 1.21 bits per heavy atom. The quantitative estimate of drug-likeness (QED) is 0.842. The van der Waals surface area contributed by atoms with Gasteiger partial charge in [-0.25, -0.2) is 4.98 Å². The lowest BCUT2D eigenvalue weighted by Gasteiger charge is -2.32. The van der Waals surface area contributed by atoms with Gasteiger partial charge in [-0.1, -0.05) is 6.07 Å². The maximum absolute atomic E-state index is 6.20. The molecule has 1 aliphatic heterocycles. The van der Waals surface area contributed by atoms with Crippen molar-refractivity contribution in [1.82, 2.24) is 4.98 Å². The molecule has 1 aromatic rings. The van der Waals surface area contributed by atoms with Gasteiger partial charge in [0.2, 0.25) is 5.88 Å². The minimum atomic E-state index is -0.472. The number of ether oxygens (including phenoxy) is 1. The fourth-order valence-corrected chi connectivity index (χ4v) is 1.90. The zero-order valence-corrected chi connectivity index (χ0v) is 12.1. The van der Waals surface area contributed by atoms with Crippen molar-refractivity contribution in [2.24, 2.45) is 5.73 Å². The summed E-state index contributed by atoms with van der Waals surface area (Å²) in [7, 11) is 1.11. The third-order valence-corrected chi connectivity index (χ3v) is 3.92. The van der Waals surface area contributed by atoms with E-state index in [0.717, 1.165) is 5.56 Å². The Labute approximate surface area is 114 Å². The molecule has 0 aliphatic carbocycles. The van der Waals surface area contributed by atoms with Crippen LogP contribution in [0.4, 0.5) is 0 Å². The Morgan fingerprint density at radius 2 is 1.79 bits per heavy atom. The van der Waals surface area contributed by atoms with E-state index in [1.807, 2.05) is 33.8 Å². The fraction of sp³-hybridized carbons (Fsp3) is 0.615. The van der Waals surface area contributed by atoms with E-state index in [0.29, 0.717) is 5.88 Å². The Balaban J connectivity index is 2.14. The maximum Gasteiger partial charge on any atom is 0.480 e. The van der Waals surface area contributed by atoms with Crippen LogP contribution in [-0.4, -0.2) is 30.4 Å². The summed E-state index contributed by atoms with van der Waals surface area (Å²) in [5.74, 6) is 0.185. The van der Waals surface area contributed by atoms with Gasteiger partial charge >= 0.3 is 7.12 Å². The van der Waals surface area contributed by atoms with Gasteiger partial charge in [-0.2, -0.15) is 0 Å². The third-order valence-electron chi connectivity index (χ3n) is 3.92. The molecule has 2 N–H and O–H groups in total. The minimum absolute atomic E-state index is 0.376. The first-order valence-electron chi connectivity index (χ1n) is 6.38. The first-order chi connectivity index (χ1) is 8.77. The number of hydrogen-bond donors (Lipinski definition) is 1. The molecule has 19 heavy (non-hydrogen) atoms. The molecular weight excluding hydrogens is 243 g/mol. The smallest absolute Gasteiger partial charge is 0.480 e. The molecular formula is C13H21BN2O3. The second kappa shape index (κ2) is 4.78. The van der Waals surface area contributed by atoms with E-state index >= 15 is 0 Å². The average molecular weight is 264 g/mol. The highest BCUT2D eigenvalue weighted by Crippen LogP contribution is 2.39. The standard InChI is InChI=1S/C13H21BN2O3/c1-12(2)13(3,4)19-14(18-12)11(15)9-6-7-10(17-5)16-8-9/h6-8,11H,15H2,1-5H3. The van der Waals surface area contributed by atoms with Gasteiger partial charge in [-0.3, -0.25) is 0 Å². The Bertz CT molecular complexity index is 432. The molecule has 1 unspecified atom stereocenters. The molecule has 1 fully saturated rings. The molecule has 0 saturated carbocycles. The highest BCUT2D eigenvalue weighted by atomic mass is 16.7. The lowest BCUT2D eigenvalue weighted by molar-refractivity contribution is 0.00578. The monoisotopic (exact) mass is 264 g/mol. The molecule has 2 rings (SSSR count). The SMILES string of the molecule is COc1ccc(C(N)B2OC(C)(C)C(C)(C)O2)cn1. The molecule has 0 aromatic carbocycles. The number of nitrogens with zero attached hydrogens (tertiary/aromatic N) is 1. The lowest BCUT2D eigenvalue weighted by Crippen LogP contribution is -2.41. The molecule has 0 spiro atoms. The van der Waals surface area contributed by atoms with Crippen LogP contribution >= 0.6 is 0 Å². The Kier molecular flexibility index (Phi) is 3.60. The summed E-state index contributed by atoms with van der Waals surface area (Å²) in [6.07, 6.45) is 1.69. The Hall–Kier alpha value is -1.11. The summed E-state index contributed by atoms with van der Waals surface area (Å²) in [4.78, 5) is 4.15. The van der Waals surface area contributed by atoms with Crippen molar-refractivity contribution >= 4 is 7.12 Å². The average Bonchev–Trinajstić information content (AvgIpc) is 2.58. The van der Waals surface area contributed by atoms with Gasteiger partial charge in [-0.15, -0.1) is 0 Å². The number of hydrogen-bond acceptors (Lipinski definition) is 5. The lowest BCUT2D eigenvalue weighted by atomic mass is 9.75. The summed E-state index contributed by atoms with van der Waals surface area (Å²) in [6.45, 7) is 8.02. The van der Waals surface area contributed by atoms with E-state index in [-0.39, 0.29) is 17.1 Å². The molecule has 5 nitrogen and oxygen atoms in total. The van der Waals surface area contributed by atoms with Crippen LogP contribution in [0.2, 0.25) is 0 Å². The maximum atomic E-state index is 6.20. The molecule has 104 valence electrons. The van der Waals surface area contributed by atoms with Crippen LogP contribution in [0, 0.1) is 0 Å². The van der Waals surface area contributed by atoms with Gasteiger partial charge in [0, 0.05) is 12.3 Å². The normalized spacial score (nSPS) is 22.3. The summed E-state index contributed by atoms with van der Waals surface area (Å²) in [5.41, 5.74) is 6.30. The first-order valence-corrected chi connectivity index (χ1v) is 6.38. The van der Waals surface area contributed by atoms with Crippen molar-refractivity contribution in [3.8, 4) is 5.88 Å². The molecule has 6 heteroatoms. The highest BCUT2D eigenvalue weighted by Gasteiger charge is 2.53. The molecule has 2 heterocycles. The minimum Gasteiger partial charge on any atom is -0.481 e. The number of pyridine rings is 1. The first kappa shape index (κ1) is 14.3. The summed E-state index contributed by atoms with van der Waals surface area (Å²) in [6, 6.07) is 3.65. The van der Waals surface area contributed by atoms with E-state index in [4.69, 9.17) is 19.8 Å². The van der Waals surface area contributed by atoms with Crippen LogP contribution in [0.1, 0.15) is 39.2 Å². The van der Waals surface area contributed by atoms with E-state index in [9.17, 15) is 0 Å². The second-order valence-electron chi connectivity index (χ2n) is 5.78. The van der Waals surface area contributed by atoms with Crippen molar-refractivity contribution in [2.75, 3.05) is 7.11 Å². The molecule has 1 saturated heterocycles. The largest absolute Gasteiger partial charge is 0.481 e. The van der Waals surface area contributed by atoms with Gasteiger partial charge in [0.1, 0.15) is 0 Å². The van der Waals surface area contributed by atoms with Gasteiger partial charge in [0.15, 0.2) is 0 Å². The van der Waals surface area contributed by atoms with E-state index in [2.05, 4.69) is 4.98 Å². The van der Waals surface area contributed by atoms with Gasteiger partial charge in [-0.05, 0) is 33.3 Å². The van der Waals surface area contributed by atoms with Crippen LogP contribution in [0.3, 0.4) is 0 Å². The fourth-order valence-electron chi connectivity index (χ4n) is 1.90. The Morgan fingerprint density at radius 3 is 2.21 bits per heavy atom. The van der Waals surface area contributed by atoms with Gasteiger partial charge in [0.05, 0.1) is 24.3 Å². The van der Waals surface area contributed by atoms with Crippen LogP contribution in [-0.2, 0) is 9.31 Å².